The molecular weight excluding hydrogens is 463 g/mol. The molecule has 2 amide bonds. The van der Waals surface area contributed by atoms with Crippen LogP contribution in [0.3, 0.4) is 0 Å². The van der Waals surface area contributed by atoms with Gasteiger partial charge in [0.2, 0.25) is 5.91 Å². The average Bonchev–Trinajstić information content (AvgIpc) is 2.79. The Kier molecular flexibility index (Phi) is 7.20. The largest absolute Gasteiger partial charge is 0.354 e. The molecule has 0 radical (unpaired) electrons. The third-order valence-electron chi connectivity index (χ3n) is 4.97. The number of nitrogens with one attached hydrogen (secondary N) is 1. The summed E-state index contributed by atoms with van der Waals surface area (Å²) in [5, 5.41) is 4.15. The molecule has 0 unspecified atom stereocenters. The number of nitrogens with zero attached hydrogens (tertiary/aromatic N) is 1. The van der Waals surface area contributed by atoms with Crippen molar-refractivity contribution >= 4 is 58.5 Å². The van der Waals surface area contributed by atoms with Crippen LogP contribution in [0.15, 0.2) is 82.6 Å². The molecular formula is C25H20Cl2N2O2S. The number of hydrogen-bond acceptors (Lipinski definition) is 3. The van der Waals surface area contributed by atoms with Gasteiger partial charge < -0.3 is 5.32 Å². The highest BCUT2D eigenvalue weighted by Crippen LogP contribution is 2.42. The van der Waals surface area contributed by atoms with Gasteiger partial charge in [0.25, 0.3) is 5.91 Å². The third kappa shape index (κ3) is 5.36. The fourth-order valence-corrected chi connectivity index (χ4v) is 4.72. The van der Waals surface area contributed by atoms with Crippen molar-refractivity contribution in [3.8, 4) is 0 Å². The van der Waals surface area contributed by atoms with E-state index in [0.717, 1.165) is 21.7 Å². The van der Waals surface area contributed by atoms with Gasteiger partial charge in [0.15, 0.2) is 0 Å². The Bertz CT molecular complexity index is 1180. The minimum Gasteiger partial charge on any atom is -0.354 e. The maximum atomic E-state index is 13.3. The summed E-state index contributed by atoms with van der Waals surface area (Å²) in [6.45, 7) is 0.415. The van der Waals surface area contributed by atoms with Gasteiger partial charge in [0.05, 0.1) is 10.6 Å². The Balaban J connectivity index is 1.48. The van der Waals surface area contributed by atoms with Gasteiger partial charge >= 0.3 is 0 Å². The van der Waals surface area contributed by atoms with Gasteiger partial charge in [-0.1, -0.05) is 77.4 Å². The zero-order valence-corrected chi connectivity index (χ0v) is 19.4. The van der Waals surface area contributed by atoms with Crippen LogP contribution in [0.1, 0.15) is 11.1 Å². The molecule has 0 aliphatic carbocycles. The molecule has 0 aromatic heterocycles. The summed E-state index contributed by atoms with van der Waals surface area (Å²) in [7, 11) is 0. The highest BCUT2D eigenvalue weighted by Gasteiger charge is 2.30. The number of halogens is 2. The molecule has 1 N–H and O–H groups in total. The number of fused-ring (bicyclic) bond motifs is 1. The van der Waals surface area contributed by atoms with Crippen LogP contribution >= 0.6 is 35.0 Å². The third-order valence-corrected chi connectivity index (χ3v) is 6.65. The van der Waals surface area contributed by atoms with Crippen molar-refractivity contribution in [2.24, 2.45) is 0 Å². The second kappa shape index (κ2) is 10.3. The molecule has 0 atom stereocenters. The van der Waals surface area contributed by atoms with Crippen molar-refractivity contribution in [1.29, 1.82) is 0 Å². The maximum absolute atomic E-state index is 13.3. The number of carbonyl (C=O) groups is 2. The van der Waals surface area contributed by atoms with E-state index in [1.165, 1.54) is 16.7 Å². The predicted octanol–water partition coefficient (Wildman–Crippen LogP) is 5.83. The summed E-state index contributed by atoms with van der Waals surface area (Å²) in [6.07, 6.45) is 2.46. The Morgan fingerprint density at radius 3 is 2.47 bits per heavy atom. The Labute approximate surface area is 201 Å². The monoisotopic (exact) mass is 482 g/mol. The number of hydrogen-bond donors (Lipinski definition) is 1. The molecule has 4 nitrogen and oxygen atoms in total. The fraction of sp³-hybridized carbons (Fsp3) is 0.120. The number of thioether (sulfide) groups is 1. The van der Waals surface area contributed by atoms with Crippen molar-refractivity contribution < 1.29 is 9.59 Å². The van der Waals surface area contributed by atoms with Crippen LogP contribution in [0.2, 0.25) is 10.0 Å². The molecule has 7 heteroatoms. The normalized spacial score (nSPS) is 14.4. The average molecular weight is 483 g/mol. The van der Waals surface area contributed by atoms with Gasteiger partial charge in [-0.25, -0.2) is 0 Å². The molecule has 3 aromatic carbocycles. The van der Waals surface area contributed by atoms with Crippen molar-refractivity contribution in [1.82, 2.24) is 5.32 Å². The van der Waals surface area contributed by atoms with E-state index in [-0.39, 0.29) is 18.4 Å². The number of anilines is 1. The number of carbonyl (C=O) groups excluding carboxylic acids is 2. The zero-order valence-electron chi connectivity index (χ0n) is 17.1. The lowest BCUT2D eigenvalue weighted by Gasteiger charge is -2.29. The molecule has 1 aliphatic heterocycles. The summed E-state index contributed by atoms with van der Waals surface area (Å²) in [6, 6.07) is 22.4. The lowest BCUT2D eigenvalue weighted by Crippen LogP contribution is -2.43. The molecule has 3 aromatic rings. The van der Waals surface area contributed by atoms with Gasteiger partial charge in [0.1, 0.15) is 6.54 Å². The van der Waals surface area contributed by atoms with Crippen LogP contribution < -0.4 is 10.2 Å². The standard InChI is InChI=1S/C25H20Cl2N2O2S/c26-19-11-9-17(10-12-19)13-14-28-24(30)16-29-21-7-3-4-8-22(21)32-23(25(29)31)15-18-5-1-2-6-20(18)27/h1-12,15H,13-14,16H2,(H,28,30). The molecule has 1 aliphatic rings. The van der Waals surface area contributed by atoms with E-state index in [2.05, 4.69) is 5.32 Å². The summed E-state index contributed by atoms with van der Waals surface area (Å²) < 4.78 is 0. The SMILES string of the molecule is O=C(CN1C(=O)C(=Cc2ccccc2Cl)Sc2ccccc21)NCCc1ccc(Cl)cc1. The number of rotatable bonds is 6. The summed E-state index contributed by atoms with van der Waals surface area (Å²) in [5.41, 5.74) is 2.57. The predicted molar refractivity (Wildman–Crippen MR) is 132 cm³/mol. The van der Waals surface area contributed by atoms with Gasteiger partial charge in [0, 0.05) is 21.5 Å². The lowest BCUT2D eigenvalue weighted by atomic mass is 10.1. The van der Waals surface area contributed by atoms with Crippen LogP contribution in [0.5, 0.6) is 0 Å². The molecule has 4 rings (SSSR count). The molecule has 1 heterocycles. The number of para-hydroxylation sites is 1. The van der Waals surface area contributed by atoms with E-state index in [9.17, 15) is 9.59 Å². The smallest absolute Gasteiger partial charge is 0.265 e. The zero-order chi connectivity index (χ0) is 22.5. The van der Waals surface area contributed by atoms with Crippen molar-refractivity contribution in [3.05, 3.63) is 98.9 Å². The molecule has 0 bridgehead atoms. The van der Waals surface area contributed by atoms with Gasteiger partial charge in [-0.3, -0.25) is 14.5 Å². The Morgan fingerprint density at radius 1 is 0.969 bits per heavy atom. The fourth-order valence-electron chi connectivity index (χ4n) is 3.35. The number of benzene rings is 3. The second-order valence-corrected chi connectivity index (χ2v) is 9.15. The topological polar surface area (TPSA) is 49.4 Å². The maximum Gasteiger partial charge on any atom is 0.265 e. The highest BCUT2D eigenvalue weighted by atomic mass is 35.5. The van der Waals surface area contributed by atoms with Crippen LogP contribution in [-0.2, 0) is 16.0 Å². The summed E-state index contributed by atoms with van der Waals surface area (Å²) >= 11 is 13.6. The van der Waals surface area contributed by atoms with E-state index >= 15 is 0 Å². The molecule has 0 saturated carbocycles. The van der Waals surface area contributed by atoms with Crippen LogP contribution in [0.25, 0.3) is 6.08 Å². The van der Waals surface area contributed by atoms with Gasteiger partial charge in [-0.2, -0.15) is 0 Å². The quantitative estimate of drug-likeness (QED) is 0.449. The molecule has 0 saturated heterocycles. The number of amides is 2. The van der Waals surface area contributed by atoms with Gasteiger partial charge in [-0.15, -0.1) is 0 Å². The molecule has 32 heavy (non-hydrogen) atoms. The Hall–Kier alpha value is -2.73. The van der Waals surface area contributed by atoms with E-state index < -0.39 is 0 Å². The first-order chi connectivity index (χ1) is 15.5. The van der Waals surface area contributed by atoms with Crippen LogP contribution in [-0.4, -0.2) is 24.9 Å². The summed E-state index contributed by atoms with van der Waals surface area (Å²) in [5.74, 6) is -0.437. The van der Waals surface area contributed by atoms with Crippen LogP contribution in [0, 0.1) is 0 Å². The van der Waals surface area contributed by atoms with Crippen molar-refractivity contribution in [3.63, 3.8) is 0 Å². The highest BCUT2D eigenvalue weighted by molar-refractivity contribution is 8.04. The first kappa shape index (κ1) is 22.5. The van der Waals surface area contributed by atoms with E-state index in [0.29, 0.717) is 27.9 Å². The minimum absolute atomic E-state index is 0.0586. The van der Waals surface area contributed by atoms with Crippen LogP contribution in [0.4, 0.5) is 5.69 Å². The van der Waals surface area contributed by atoms with E-state index in [1.807, 2.05) is 66.7 Å². The molecule has 0 fully saturated rings. The first-order valence-corrected chi connectivity index (χ1v) is 11.6. The second-order valence-electron chi connectivity index (χ2n) is 7.22. The molecule has 162 valence electrons. The first-order valence-electron chi connectivity index (χ1n) is 10.1. The Morgan fingerprint density at radius 2 is 1.69 bits per heavy atom. The molecule has 0 spiro atoms. The van der Waals surface area contributed by atoms with E-state index in [4.69, 9.17) is 23.2 Å². The minimum atomic E-state index is -0.221. The van der Waals surface area contributed by atoms with Crippen molar-refractivity contribution in [2.45, 2.75) is 11.3 Å². The van der Waals surface area contributed by atoms with Crippen molar-refractivity contribution in [2.75, 3.05) is 18.0 Å². The summed E-state index contributed by atoms with van der Waals surface area (Å²) in [4.78, 5) is 28.9. The van der Waals surface area contributed by atoms with Gasteiger partial charge in [-0.05, 0) is 54.0 Å². The van der Waals surface area contributed by atoms with E-state index in [1.54, 1.807) is 12.1 Å². The lowest BCUT2D eigenvalue weighted by molar-refractivity contribution is -0.122.